The number of sulfone groups is 1. The highest BCUT2D eigenvalue weighted by Gasteiger charge is 2.32. The van der Waals surface area contributed by atoms with Crippen molar-refractivity contribution in [1.29, 1.82) is 0 Å². The number of benzene rings is 3. The van der Waals surface area contributed by atoms with E-state index in [1.54, 1.807) is 13.0 Å². The summed E-state index contributed by atoms with van der Waals surface area (Å²) in [5.41, 5.74) is 3.50. The monoisotopic (exact) mass is 464 g/mol. The van der Waals surface area contributed by atoms with Gasteiger partial charge in [0.15, 0.2) is 21.3 Å². The molecule has 0 saturated heterocycles. The molecule has 3 N–H and O–H groups in total. The molecule has 4 rings (SSSR count). The highest BCUT2D eigenvalue weighted by atomic mass is 32.2. The van der Waals surface area contributed by atoms with Crippen LogP contribution < -0.4 is 15.4 Å². The third kappa shape index (κ3) is 4.56. The van der Waals surface area contributed by atoms with Gasteiger partial charge in [0.25, 0.3) is 0 Å². The SMILES string of the molecule is CCOc1cc(C2NC(=O)NC(c3ccccc3)=C2c2ccccc2)cc(S(C)(=O)=O)c1O. The predicted octanol–water partition coefficient (Wildman–Crippen LogP) is 4.12. The Balaban J connectivity index is 2.01. The smallest absolute Gasteiger partial charge is 0.320 e. The van der Waals surface area contributed by atoms with Crippen molar-refractivity contribution in [2.24, 2.45) is 0 Å². The van der Waals surface area contributed by atoms with E-state index in [2.05, 4.69) is 10.6 Å². The van der Waals surface area contributed by atoms with Crippen molar-refractivity contribution in [2.45, 2.75) is 17.9 Å². The zero-order chi connectivity index (χ0) is 23.6. The molecule has 1 unspecified atom stereocenters. The molecule has 0 aromatic heterocycles. The number of phenols is 1. The minimum atomic E-state index is -3.77. The van der Waals surface area contributed by atoms with Crippen LogP contribution in [-0.2, 0) is 9.84 Å². The van der Waals surface area contributed by atoms with Gasteiger partial charge in [-0.1, -0.05) is 60.7 Å². The molecule has 0 fully saturated rings. The van der Waals surface area contributed by atoms with Crippen LogP contribution in [0.1, 0.15) is 29.7 Å². The van der Waals surface area contributed by atoms with E-state index in [0.717, 1.165) is 23.0 Å². The first kappa shape index (κ1) is 22.4. The van der Waals surface area contributed by atoms with Gasteiger partial charge < -0.3 is 20.5 Å². The van der Waals surface area contributed by atoms with Crippen LogP contribution in [0.25, 0.3) is 11.3 Å². The standard InChI is InChI=1S/C25H24N2O5S/c1-3-32-19-14-18(15-20(24(19)28)33(2,30)31)23-21(16-10-6-4-7-11-16)22(26-25(29)27-23)17-12-8-5-9-13-17/h4-15,23,28H,3H2,1-2H3,(H2,26,27,29). The predicted molar refractivity (Wildman–Crippen MR) is 126 cm³/mol. The van der Waals surface area contributed by atoms with Crippen LogP contribution >= 0.6 is 0 Å². The van der Waals surface area contributed by atoms with Gasteiger partial charge in [0.2, 0.25) is 0 Å². The summed E-state index contributed by atoms with van der Waals surface area (Å²) in [5.74, 6) is -0.409. The fraction of sp³-hybridized carbons (Fsp3) is 0.160. The van der Waals surface area contributed by atoms with E-state index < -0.39 is 27.7 Å². The Morgan fingerprint density at radius 3 is 2.15 bits per heavy atom. The van der Waals surface area contributed by atoms with Crippen LogP contribution in [0, 0.1) is 0 Å². The van der Waals surface area contributed by atoms with Crippen LogP contribution in [0.2, 0.25) is 0 Å². The van der Waals surface area contributed by atoms with Crippen molar-refractivity contribution >= 4 is 27.1 Å². The lowest BCUT2D eigenvalue weighted by molar-refractivity contribution is 0.242. The average Bonchev–Trinajstić information content (AvgIpc) is 2.80. The number of carbonyl (C=O) groups is 1. The summed E-state index contributed by atoms with van der Waals surface area (Å²) in [5, 5.41) is 16.3. The van der Waals surface area contributed by atoms with Crippen molar-refractivity contribution in [2.75, 3.05) is 12.9 Å². The molecule has 8 heteroatoms. The number of hydrogen-bond acceptors (Lipinski definition) is 5. The van der Waals surface area contributed by atoms with Gasteiger partial charge in [-0.3, -0.25) is 0 Å². The molecule has 0 aliphatic carbocycles. The lowest BCUT2D eigenvalue weighted by Crippen LogP contribution is -2.43. The van der Waals surface area contributed by atoms with E-state index in [4.69, 9.17) is 4.74 Å². The Morgan fingerprint density at radius 2 is 1.58 bits per heavy atom. The molecular weight excluding hydrogens is 440 g/mol. The molecule has 170 valence electrons. The van der Waals surface area contributed by atoms with E-state index in [-0.39, 0.29) is 17.3 Å². The number of amides is 2. The largest absolute Gasteiger partial charge is 0.503 e. The first-order valence-electron chi connectivity index (χ1n) is 10.4. The minimum absolute atomic E-state index is 0.0388. The van der Waals surface area contributed by atoms with Gasteiger partial charge in [-0.05, 0) is 35.7 Å². The van der Waals surface area contributed by atoms with Gasteiger partial charge in [-0.25, -0.2) is 13.2 Å². The average molecular weight is 465 g/mol. The van der Waals surface area contributed by atoms with Crippen molar-refractivity contribution in [3.63, 3.8) is 0 Å². The summed E-state index contributed by atoms with van der Waals surface area (Å²) in [6.45, 7) is 1.97. The summed E-state index contributed by atoms with van der Waals surface area (Å²) >= 11 is 0. The molecule has 3 aromatic carbocycles. The van der Waals surface area contributed by atoms with Gasteiger partial charge >= 0.3 is 6.03 Å². The normalized spacial score (nSPS) is 16.2. The Morgan fingerprint density at radius 1 is 0.970 bits per heavy atom. The van der Waals surface area contributed by atoms with Gasteiger partial charge in [-0.15, -0.1) is 0 Å². The molecule has 0 saturated carbocycles. The topological polar surface area (TPSA) is 105 Å². The molecule has 0 spiro atoms. The first-order valence-corrected chi connectivity index (χ1v) is 12.3. The first-order chi connectivity index (χ1) is 15.8. The number of urea groups is 1. The zero-order valence-corrected chi connectivity index (χ0v) is 19.0. The van der Waals surface area contributed by atoms with Gasteiger partial charge in [-0.2, -0.15) is 0 Å². The maximum atomic E-state index is 12.7. The maximum absolute atomic E-state index is 12.7. The summed E-state index contributed by atoms with van der Waals surface area (Å²) in [7, 11) is -3.77. The molecule has 0 bridgehead atoms. The van der Waals surface area contributed by atoms with Crippen molar-refractivity contribution in [3.05, 3.63) is 89.5 Å². The van der Waals surface area contributed by atoms with Crippen LogP contribution in [-0.4, -0.2) is 32.4 Å². The molecule has 1 heterocycles. The molecule has 0 radical (unpaired) electrons. The Kier molecular flexibility index (Phi) is 6.11. The highest BCUT2D eigenvalue weighted by molar-refractivity contribution is 7.90. The third-order valence-electron chi connectivity index (χ3n) is 5.31. The second kappa shape index (κ2) is 8.99. The molecule has 7 nitrogen and oxygen atoms in total. The van der Waals surface area contributed by atoms with E-state index >= 15 is 0 Å². The zero-order valence-electron chi connectivity index (χ0n) is 18.2. The fourth-order valence-electron chi connectivity index (χ4n) is 3.89. The maximum Gasteiger partial charge on any atom is 0.320 e. The summed E-state index contributed by atoms with van der Waals surface area (Å²) in [6.07, 6.45) is 1.02. The van der Waals surface area contributed by atoms with E-state index in [9.17, 15) is 18.3 Å². The van der Waals surface area contributed by atoms with Crippen LogP contribution in [0.3, 0.4) is 0 Å². The highest BCUT2D eigenvalue weighted by Crippen LogP contribution is 2.42. The van der Waals surface area contributed by atoms with Gasteiger partial charge in [0, 0.05) is 11.8 Å². The van der Waals surface area contributed by atoms with Crippen molar-refractivity contribution in [3.8, 4) is 11.5 Å². The summed E-state index contributed by atoms with van der Waals surface area (Å²) < 4.78 is 30.4. The lowest BCUT2D eigenvalue weighted by Gasteiger charge is -2.31. The molecule has 2 amide bonds. The molecule has 33 heavy (non-hydrogen) atoms. The quantitative estimate of drug-likeness (QED) is 0.509. The number of phenolic OH excluding ortho intramolecular Hbond substituents is 1. The third-order valence-corrected chi connectivity index (χ3v) is 6.42. The summed E-state index contributed by atoms with van der Waals surface area (Å²) in [6, 6.07) is 20.8. The lowest BCUT2D eigenvalue weighted by atomic mass is 9.88. The minimum Gasteiger partial charge on any atom is -0.503 e. The van der Waals surface area contributed by atoms with E-state index in [1.807, 2.05) is 60.7 Å². The van der Waals surface area contributed by atoms with Crippen molar-refractivity contribution < 1.29 is 23.1 Å². The molecule has 1 atom stereocenters. The second-order valence-electron chi connectivity index (χ2n) is 7.62. The molecule has 3 aromatic rings. The molecule has 1 aliphatic heterocycles. The fourth-order valence-corrected chi connectivity index (χ4v) is 4.70. The Bertz CT molecular complexity index is 1320. The van der Waals surface area contributed by atoms with Crippen molar-refractivity contribution in [1.82, 2.24) is 10.6 Å². The van der Waals surface area contributed by atoms with Gasteiger partial charge in [0.1, 0.15) is 4.90 Å². The number of aromatic hydroxyl groups is 1. The van der Waals surface area contributed by atoms with Gasteiger partial charge in [0.05, 0.1) is 18.3 Å². The molecular formula is C25H24N2O5S. The van der Waals surface area contributed by atoms with Crippen LogP contribution in [0.5, 0.6) is 11.5 Å². The summed E-state index contributed by atoms with van der Waals surface area (Å²) in [4.78, 5) is 12.5. The van der Waals surface area contributed by atoms with Crippen LogP contribution in [0.15, 0.2) is 77.7 Å². The number of ether oxygens (including phenoxy) is 1. The van der Waals surface area contributed by atoms with E-state index in [0.29, 0.717) is 11.3 Å². The Hall–Kier alpha value is -3.78. The second-order valence-corrected chi connectivity index (χ2v) is 9.61. The number of carbonyl (C=O) groups excluding carboxylic acids is 1. The Labute approximate surface area is 192 Å². The number of nitrogens with one attached hydrogen (secondary N) is 2. The number of hydrogen-bond donors (Lipinski definition) is 3. The molecule has 1 aliphatic rings. The van der Waals surface area contributed by atoms with E-state index in [1.165, 1.54) is 6.07 Å². The number of rotatable bonds is 6. The van der Waals surface area contributed by atoms with Crippen LogP contribution in [0.4, 0.5) is 4.79 Å².